The fourth-order valence-electron chi connectivity index (χ4n) is 6.53. The van der Waals surface area contributed by atoms with Crippen LogP contribution in [0.4, 0.5) is 10.6 Å². The Morgan fingerprint density at radius 3 is 2.78 bits per heavy atom. The second-order valence-corrected chi connectivity index (χ2v) is 14.3. The number of hydrogen-bond donors (Lipinski definition) is 0. The zero-order valence-corrected chi connectivity index (χ0v) is 28.0. The molecule has 2 aliphatic heterocycles. The molecule has 2 aliphatic carbocycles. The highest BCUT2D eigenvalue weighted by molar-refractivity contribution is 6.49. The van der Waals surface area contributed by atoms with Gasteiger partial charge in [-0.2, -0.15) is 15.2 Å². The number of amides is 1. The van der Waals surface area contributed by atoms with E-state index in [1.165, 1.54) is 0 Å². The summed E-state index contributed by atoms with van der Waals surface area (Å²) in [7, 11) is 4.16. The highest BCUT2D eigenvalue weighted by Gasteiger charge is 2.44. The Morgan fingerprint density at radius 2 is 2.07 bits per heavy atom. The Bertz CT molecular complexity index is 1660. The summed E-state index contributed by atoms with van der Waals surface area (Å²) in [4.78, 5) is 29.0. The molecule has 2 fully saturated rings. The predicted octanol–water partition coefficient (Wildman–Crippen LogP) is 5.71. The van der Waals surface area contributed by atoms with Gasteiger partial charge in [0.2, 0.25) is 0 Å². The number of halogens is 1. The summed E-state index contributed by atoms with van der Waals surface area (Å²) in [5, 5.41) is 10.2. The summed E-state index contributed by atoms with van der Waals surface area (Å²) in [6.07, 6.45) is 4.09. The lowest BCUT2D eigenvalue weighted by Gasteiger charge is -2.42. The first kappa shape index (κ1) is 32.1. The number of rotatable bonds is 8. The first-order valence-corrected chi connectivity index (χ1v) is 16.2. The van der Waals surface area contributed by atoms with Gasteiger partial charge in [0.25, 0.3) is 0 Å². The number of nitrogens with zero attached hydrogens (tertiary/aromatic N) is 6. The van der Waals surface area contributed by atoms with Crippen LogP contribution in [0.5, 0.6) is 6.01 Å². The molecule has 1 unspecified atom stereocenters. The molecule has 3 heterocycles. The summed E-state index contributed by atoms with van der Waals surface area (Å²) in [6, 6.07) is 8.28. The van der Waals surface area contributed by atoms with Crippen molar-refractivity contribution < 1.29 is 19.0 Å². The Labute approximate surface area is 275 Å². The van der Waals surface area contributed by atoms with E-state index < -0.39 is 11.7 Å². The second kappa shape index (κ2) is 12.8. The molecule has 11 heteroatoms. The van der Waals surface area contributed by atoms with Crippen LogP contribution in [-0.2, 0) is 22.5 Å². The molecule has 4 aliphatic rings. The van der Waals surface area contributed by atoms with Crippen molar-refractivity contribution in [3.8, 4) is 12.1 Å². The fourth-order valence-corrected chi connectivity index (χ4v) is 6.80. The zero-order chi connectivity index (χ0) is 32.6. The van der Waals surface area contributed by atoms with E-state index in [4.69, 9.17) is 35.8 Å². The molecule has 46 heavy (non-hydrogen) atoms. The van der Waals surface area contributed by atoms with Gasteiger partial charge in [0, 0.05) is 49.1 Å². The molecule has 1 aromatic carbocycles. The van der Waals surface area contributed by atoms with Crippen LogP contribution in [0.2, 0.25) is 0 Å². The summed E-state index contributed by atoms with van der Waals surface area (Å²) in [5.41, 5.74) is 10.1. The maximum atomic E-state index is 13.1. The minimum Gasteiger partial charge on any atom is -0.463 e. The zero-order valence-electron chi connectivity index (χ0n) is 27.2. The molecular weight excluding hydrogens is 604 g/mol. The number of piperazine rings is 1. The maximum absolute atomic E-state index is 13.1. The third-order valence-corrected chi connectivity index (χ3v) is 9.10. The monoisotopic (exact) mass is 644 g/mol. The van der Waals surface area contributed by atoms with E-state index in [9.17, 15) is 10.1 Å². The molecule has 1 saturated carbocycles. The number of benzene rings is 1. The van der Waals surface area contributed by atoms with Crippen molar-refractivity contribution in [1.29, 1.82) is 5.26 Å². The number of carbonyl (C=O) groups excluding carboxylic acids is 1. The molecule has 2 aromatic rings. The molecule has 6 rings (SSSR count). The lowest BCUT2D eigenvalue weighted by atomic mass is 9.91. The quantitative estimate of drug-likeness (QED) is 0.334. The first-order chi connectivity index (χ1) is 21.9. The summed E-state index contributed by atoms with van der Waals surface area (Å²) in [5.74, 6) is 0.724. The highest BCUT2D eigenvalue weighted by Crippen LogP contribution is 2.46. The van der Waals surface area contributed by atoms with E-state index in [2.05, 4.69) is 41.4 Å². The second-order valence-electron chi connectivity index (χ2n) is 14.0. The number of nitriles is 1. The Balaban J connectivity index is 1.31. The summed E-state index contributed by atoms with van der Waals surface area (Å²) >= 11 is 6.61. The third kappa shape index (κ3) is 6.95. The normalized spacial score (nSPS) is 21.3. The molecular formula is C35H41ClN6O4. The molecule has 10 nitrogen and oxygen atoms in total. The van der Waals surface area contributed by atoms with Crippen molar-refractivity contribution >= 4 is 34.6 Å². The van der Waals surface area contributed by atoms with Crippen molar-refractivity contribution in [3.63, 3.8) is 0 Å². The highest BCUT2D eigenvalue weighted by atomic mass is 35.5. The van der Waals surface area contributed by atoms with E-state index in [1.54, 1.807) is 4.90 Å². The van der Waals surface area contributed by atoms with E-state index in [1.807, 2.05) is 45.0 Å². The van der Waals surface area contributed by atoms with Gasteiger partial charge in [-0.25, -0.2) is 4.79 Å². The van der Waals surface area contributed by atoms with Crippen molar-refractivity contribution in [3.05, 3.63) is 57.6 Å². The SMILES string of the molecule is CN(C)CC1(COc2nc3c(c(N4CCN(C(=O)OC(C)(C)C)[C@@H](CC#N)C4)n2)COC(c2cccc4c2C(Cl)=C=C=C4)C3)CC1. The van der Waals surface area contributed by atoms with Crippen LogP contribution in [0, 0.1) is 16.7 Å². The summed E-state index contributed by atoms with van der Waals surface area (Å²) < 4.78 is 18.5. The molecule has 0 N–H and O–H groups in total. The van der Waals surface area contributed by atoms with E-state index >= 15 is 0 Å². The average molecular weight is 645 g/mol. The number of fused-ring (bicyclic) bond motifs is 2. The average Bonchev–Trinajstić information content (AvgIpc) is 3.77. The molecule has 1 aromatic heterocycles. The molecule has 0 radical (unpaired) electrons. The van der Waals surface area contributed by atoms with Crippen LogP contribution in [-0.4, -0.2) is 84.4 Å². The standard InChI is InChI=1S/C35H41ClN6O4/c1-34(2,3)46-33(43)42-17-16-41(19-24(42)12-15-37)31-26-20-44-29(25-10-6-8-23-9-7-11-27(36)30(23)25)18-28(26)38-32(39-31)45-22-35(13-14-35)21-40(4)5/h6,8-10,24,29H,12-14,16-22H2,1-5H3/t24-,29?/m0/s1. The topological polar surface area (TPSA) is 104 Å². The van der Waals surface area contributed by atoms with Gasteiger partial charge in [-0.15, -0.1) is 0 Å². The van der Waals surface area contributed by atoms with Gasteiger partial charge in [0.05, 0.1) is 48.6 Å². The lowest BCUT2D eigenvalue weighted by molar-refractivity contribution is 0.0140. The van der Waals surface area contributed by atoms with Gasteiger partial charge in [-0.05, 0) is 70.6 Å². The van der Waals surface area contributed by atoms with E-state index in [0.717, 1.165) is 53.2 Å². The molecule has 1 amide bonds. The molecule has 2 atom stereocenters. The van der Waals surface area contributed by atoms with Crippen LogP contribution < -0.4 is 9.64 Å². The van der Waals surface area contributed by atoms with Gasteiger partial charge in [0.1, 0.15) is 11.4 Å². The van der Waals surface area contributed by atoms with Crippen LogP contribution >= 0.6 is 11.6 Å². The predicted molar refractivity (Wildman–Crippen MR) is 175 cm³/mol. The van der Waals surface area contributed by atoms with Gasteiger partial charge in [0.15, 0.2) is 0 Å². The minimum atomic E-state index is -0.632. The third-order valence-electron chi connectivity index (χ3n) is 8.82. The van der Waals surface area contributed by atoms with E-state index in [0.29, 0.717) is 50.3 Å². The van der Waals surface area contributed by atoms with Crippen LogP contribution in [0.25, 0.3) is 11.1 Å². The van der Waals surface area contributed by atoms with Crippen molar-refractivity contribution in [2.24, 2.45) is 5.41 Å². The van der Waals surface area contributed by atoms with E-state index in [-0.39, 0.29) is 24.0 Å². The lowest BCUT2D eigenvalue weighted by Crippen LogP contribution is -2.56. The van der Waals surface area contributed by atoms with Crippen LogP contribution in [0.3, 0.4) is 0 Å². The Morgan fingerprint density at radius 1 is 1.26 bits per heavy atom. The molecule has 0 spiro atoms. The number of carbonyl (C=O) groups is 1. The van der Waals surface area contributed by atoms with Crippen molar-refractivity contribution in [2.45, 2.75) is 70.8 Å². The molecule has 0 bridgehead atoms. The number of anilines is 1. The first-order valence-electron chi connectivity index (χ1n) is 15.9. The Kier molecular flexibility index (Phi) is 8.91. The smallest absolute Gasteiger partial charge is 0.410 e. The molecule has 1 saturated heterocycles. The maximum Gasteiger partial charge on any atom is 0.410 e. The number of hydrogen-bond acceptors (Lipinski definition) is 9. The van der Waals surface area contributed by atoms with Crippen molar-refractivity contribution in [2.75, 3.05) is 51.8 Å². The fraction of sp³-hybridized carbons (Fsp3) is 0.543. The van der Waals surface area contributed by atoms with Gasteiger partial charge in [-0.3, -0.25) is 0 Å². The number of ether oxygens (including phenoxy) is 3. The largest absolute Gasteiger partial charge is 0.463 e. The van der Waals surface area contributed by atoms with Gasteiger partial charge >= 0.3 is 12.1 Å². The van der Waals surface area contributed by atoms with Crippen LogP contribution in [0.1, 0.15) is 74.1 Å². The summed E-state index contributed by atoms with van der Waals surface area (Å²) in [6.45, 7) is 8.65. The number of aromatic nitrogens is 2. The van der Waals surface area contributed by atoms with Gasteiger partial charge < -0.3 is 28.9 Å². The van der Waals surface area contributed by atoms with Crippen molar-refractivity contribution in [1.82, 2.24) is 19.8 Å². The van der Waals surface area contributed by atoms with Crippen LogP contribution in [0.15, 0.2) is 29.7 Å². The minimum absolute atomic E-state index is 0.110. The molecule has 242 valence electrons. The van der Waals surface area contributed by atoms with Gasteiger partial charge in [-0.1, -0.05) is 35.5 Å². The Hall–Kier alpha value is -3.83.